The number of nitro benzene ring substituents is 1. The molecule has 0 aliphatic heterocycles. The highest BCUT2D eigenvalue weighted by atomic mass is 35.5. The number of halogens is 1. The number of anilines is 2. The first-order valence-electron chi connectivity index (χ1n) is 9.97. The van der Waals surface area contributed by atoms with Gasteiger partial charge in [-0.1, -0.05) is 29.8 Å². The zero-order valence-electron chi connectivity index (χ0n) is 17.7. The molecule has 0 spiro atoms. The Morgan fingerprint density at radius 3 is 2.32 bits per heavy atom. The Bertz CT molecular complexity index is 1440. The SMILES string of the molecule is Cc1ccccc1NC(=S)Nc1nc(-c2ccc([N+](=O)[O-])cc2)nc(=S)n1-c1ccc(Cl)cc1. The number of hydrogen-bond donors (Lipinski definition) is 2. The van der Waals surface area contributed by atoms with Crippen LogP contribution in [0.3, 0.4) is 0 Å². The van der Waals surface area contributed by atoms with Gasteiger partial charge in [0.15, 0.2) is 10.9 Å². The zero-order valence-corrected chi connectivity index (χ0v) is 20.1. The molecule has 34 heavy (non-hydrogen) atoms. The molecule has 170 valence electrons. The van der Waals surface area contributed by atoms with Crippen molar-refractivity contribution in [1.29, 1.82) is 0 Å². The summed E-state index contributed by atoms with van der Waals surface area (Å²) < 4.78 is 1.85. The number of para-hydroxylation sites is 1. The largest absolute Gasteiger partial charge is 0.332 e. The first-order chi connectivity index (χ1) is 16.3. The van der Waals surface area contributed by atoms with E-state index in [-0.39, 0.29) is 10.5 Å². The first kappa shape index (κ1) is 23.4. The molecule has 0 aliphatic carbocycles. The van der Waals surface area contributed by atoms with Crippen LogP contribution in [0, 0.1) is 21.8 Å². The van der Waals surface area contributed by atoms with E-state index >= 15 is 0 Å². The van der Waals surface area contributed by atoms with E-state index < -0.39 is 4.92 Å². The van der Waals surface area contributed by atoms with Crippen LogP contribution in [-0.2, 0) is 0 Å². The summed E-state index contributed by atoms with van der Waals surface area (Å²) in [5.74, 6) is 0.619. The van der Waals surface area contributed by atoms with Crippen molar-refractivity contribution in [3.8, 4) is 17.1 Å². The van der Waals surface area contributed by atoms with Crippen LogP contribution in [0.4, 0.5) is 17.3 Å². The minimum absolute atomic E-state index is 0.0311. The van der Waals surface area contributed by atoms with Crippen molar-refractivity contribution >= 4 is 58.5 Å². The van der Waals surface area contributed by atoms with Crippen LogP contribution in [0.2, 0.25) is 5.02 Å². The lowest BCUT2D eigenvalue weighted by atomic mass is 10.2. The number of aryl methyl sites for hydroxylation is 1. The Kier molecular flexibility index (Phi) is 6.92. The molecule has 3 aromatic carbocycles. The fraction of sp³-hybridized carbons (Fsp3) is 0.0435. The molecule has 0 amide bonds. The number of aromatic nitrogens is 3. The second kappa shape index (κ2) is 10.0. The van der Waals surface area contributed by atoms with Crippen LogP contribution in [-0.4, -0.2) is 24.6 Å². The molecule has 0 unspecified atom stereocenters. The summed E-state index contributed by atoms with van der Waals surface area (Å²) in [4.78, 5) is 19.6. The van der Waals surface area contributed by atoms with Gasteiger partial charge in [-0.2, -0.15) is 9.97 Å². The lowest BCUT2D eigenvalue weighted by molar-refractivity contribution is -0.384. The van der Waals surface area contributed by atoms with E-state index in [2.05, 4.69) is 20.6 Å². The highest BCUT2D eigenvalue weighted by Gasteiger charge is 2.15. The van der Waals surface area contributed by atoms with Crippen molar-refractivity contribution < 1.29 is 4.92 Å². The van der Waals surface area contributed by atoms with Gasteiger partial charge in [-0.15, -0.1) is 0 Å². The topological polar surface area (TPSA) is 97.9 Å². The summed E-state index contributed by atoms with van der Waals surface area (Å²) in [5.41, 5.74) is 3.10. The third kappa shape index (κ3) is 5.25. The number of non-ortho nitro benzene ring substituents is 1. The molecule has 8 nitrogen and oxygen atoms in total. The minimum atomic E-state index is -0.467. The average Bonchev–Trinajstić information content (AvgIpc) is 2.81. The number of nitro groups is 1. The molecular formula is C23H17ClN6O2S2. The molecule has 1 heterocycles. The maximum Gasteiger partial charge on any atom is 0.269 e. The van der Waals surface area contributed by atoms with Crippen molar-refractivity contribution in [2.45, 2.75) is 6.92 Å². The average molecular weight is 509 g/mol. The third-order valence-electron chi connectivity index (χ3n) is 4.86. The maximum absolute atomic E-state index is 11.0. The zero-order chi connectivity index (χ0) is 24.2. The number of nitrogens with one attached hydrogen (secondary N) is 2. The van der Waals surface area contributed by atoms with Crippen LogP contribution in [0.1, 0.15) is 5.56 Å². The van der Waals surface area contributed by atoms with Gasteiger partial charge in [0, 0.05) is 28.4 Å². The quantitative estimate of drug-likeness (QED) is 0.183. The number of benzene rings is 3. The normalized spacial score (nSPS) is 10.5. The number of rotatable bonds is 5. The lowest BCUT2D eigenvalue weighted by Gasteiger charge is -2.17. The number of hydrogen-bond acceptors (Lipinski definition) is 6. The number of nitrogens with zero attached hydrogens (tertiary/aromatic N) is 4. The summed E-state index contributed by atoms with van der Waals surface area (Å²) >= 11 is 17.2. The smallest absolute Gasteiger partial charge is 0.269 e. The van der Waals surface area contributed by atoms with Gasteiger partial charge in [0.1, 0.15) is 0 Å². The summed E-state index contributed by atoms with van der Waals surface area (Å²) in [5, 5.41) is 18.1. The summed E-state index contributed by atoms with van der Waals surface area (Å²) in [7, 11) is 0. The van der Waals surface area contributed by atoms with Gasteiger partial charge in [0.05, 0.1) is 10.6 Å². The van der Waals surface area contributed by atoms with E-state index in [4.69, 9.17) is 36.0 Å². The van der Waals surface area contributed by atoms with Gasteiger partial charge in [-0.25, -0.2) is 0 Å². The van der Waals surface area contributed by atoms with Crippen LogP contribution in [0.25, 0.3) is 17.1 Å². The first-order valence-corrected chi connectivity index (χ1v) is 11.2. The van der Waals surface area contributed by atoms with Crippen molar-refractivity contribution in [3.05, 3.63) is 98.3 Å². The van der Waals surface area contributed by atoms with Crippen LogP contribution in [0.15, 0.2) is 72.8 Å². The fourth-order valence-electron chi connectivity index (χ4n) is 3.14. The highest BCUT2D eigenvalue weighted by Crippen LogP contribution is 2.24. The lowest BCUT2D eigenvalue weighted by Crippen LogP contribution is -2.24. The molecular weight excluding hydrogens is 492 g/mol. The minimum Gasteiger partial charge on any atom is -0.332 e. The molecule has 0 atom stereocenters. The molecule has 0 saturated carbocycles. The van der Waals surface area contributed by atoms with Crippen molar-refractivity contribution in [2.24, 2.45) is 0 Å². The second-order valence-electron chi connectivity index (χ2n) is 7.16. The molecule has 2 N–H and O–H groups in total. The molecule has 4 aromatic rings. The van der Waals surface area contributed by atoms with Gasteiger partial charge in [-0.05, 0) is 79.4 Å². The molecule has 0 aliphatic rings. The van der Waals surface area contributed by atoms with Gasteiger partial charge in [-0.3, -0.25) is 14.7 Å². The Labute approximate surface area is 210 Å². The molecule has 11 heteroatoms. The van der Waals surface area contributed by atoms with Crippen molar-refractivity contribution in [2.75, 3.05) is 10.6 Å². The predicted molar refractivity (Wildman–Crippen MR) is 140 cm³/mol. The van der Waals surface area contributed by atoms with E-state index in [0.29, 0.717) is 33.2 Å². The number of thiocarbonyl (C=S) groups is 1. The molecule has 0 saturated heterocycles. The summed E-state index contributed by atoms with van der Waals surface area (Å²) in [6, 6.07) is 20.7. The summed E-state index contributed by atoms with van der Waals surface area (Å²) in [6.45, 7) is 1.97. The Balaban J connectivity index is 1.76. The van der Waals surface area contributed by atoms with Gasteiger partial charge in [0.2, 0.25) is 10.7 Å². The van der Waals surface area contributed by atoms with Crippen molar-refractivity contribution in [3.63, 3.8) is 0 Å². The van der Waals surface area contributed by atoms with E-state index in [1.165, 1.54) is 12.1 Å². The molecule has 0 bridgehead atoms. The maximum atomic E-state index is 11.0. The van der Waals surface area contributed by atoms with Crippen LogP contribution in [0.5, 0.6) is 0 Å². The van der Waals surface area contributed by atoms with Gasteiger partial charge < -0.3 is 10.6 Å². The van der Waals surface area contributed by atoms with Gasteiger partial charge in [0.25, 0.3) is 5.69 Å². The Morgan fingerprint density at radius 2 is 1.68 bits per heavy atom. The summed E-state index contributed by atoms with van der Waals surface area (Å²) in [6.07, 6.45) is 0. The third-order valence-corrected chi connectivity index (χ3v) is 5.59. The van der Waals surface area contributed by atoms with Crippen LogP contribution < -0.4 is 10.6 Å². The monoisotopic (exact) mass is 508 g/mol. The van der Waals surface area contributed by atoms with Crippen LogP contribution >= 0.6 is 36.0 Å². The highest BCUT2D eigenvalue weighted by molar-refractivity contribution is 7.80. The molecule has 4 rings (SSSR count). The molecule has 0 fully saturated rings. The van der Waals surface area contributed by atoms with E-state index in [1.54, 1.807) is 41.0 Å². The van der Waals surface area contributed by atoms with E-state index in [9.17, 15) is 10.1 Å². The second-order valence-corrected chi connectivity index (χ2v) is 8.37. The molecule has 1 aromatic heterocycles. The molecule has 0 radical (unpaired) electrons. The van der Waals surface area contributed by atoms with E-state index in [1.807, 2.05) is 31.2 Å². The van der Waals surface area contributed by atoms with Crippen molar-refractivity contribution in [1.82, 2.24) is 14.5 Å². The Hall–Kier alpha value is -3.73. The van der Waals surface area contributed by atoms with Gasteiger partial charge >= 0.3 is 0 Å². The van der Waals surface area contributed by atoms with E-state index in [0.717, 1.165) is 11.3 Å². The fourth-order valence-corrected chi connectivity index (χ4v) is 3.75. The predicted octanol–water partition coefficient (Wildman–Crippen LogP) is 6.34. The Morgan fingerprint density at radius 1 is 1.00 bits per heavy atom. The standard InChI is InChI=1S/C23H17ClN6O2S2/c1-14-4-2-3-5-19(14)25-22(33)28-21-26-20(15-6-10-18(11-7-15)30(31)32)27-23(34)29(21)17-12-8-16(24)9-13-17/h2-13H,1H3,(H2,25,26,27,28,33,34).